The molecule has 0 saturated heterocycles. The standard InChI is InChI=1S/C22H16ClNO4S/c1-27-17-5-2-4-16(12-17)24-21(25)19(14-7-9-15(23)10-8-14)20(22(24)26)29-13-18-6-3-11-28-18/h2-12H,13H2,1H3. The summed E-state index contributed by atoms with van der Waals surface area (Å²) in [5, 5.41) is 0.556. The SMILES string of the molecule is COc1cccc(N2C(=O)C(SCc3ccco3)=C(c3ccc(Cl)cc3)C2=O)c1. The third-order valence-electron chi connectivity index (χ3n) is 4.42. The largest absolute Gasteiger partial charge is 0.497 e. The van der Waals surface area contributed by atoms with Crippen molar-refractivity contribution in [3.05, 3.63) is 88.2 Å². The van der Waals surface area contributed by atoms with E-state index in [-0.39, 0.29) is 11.8 Å². The van der Waals surface area contributed by atoms with Crippen LogP contribution in [0.25, 0.3) is 5.57 Å². The number of thioether (sulfide) groups is 1. The highest BCUT2D eigenvalue weighted by atomic mass is 35.5. The molecule has 4 rings (SSSR count). The van der Waals surface area contributed by atoms with E-state index in [9.17, 15) is 9.59 Å². The first-order chi connectivity index (χ1) is 14.1. The molecule has 0 saturated carbocycles. The van der Waals surface area contributed by atoms with Crippen molar-refractivity contribution in [3.8, 4) is 5.75 Å². The fraction of sp³-hybridized carbons (Fsp3) is 0.0909. The van der Waals surface area contributed by atoms with Gasteiger partial charge in [0.2, 0.25) is 0 Å². The van der Waals surface area contributed by atoms with Crippen LogP contribution in [0.5, 0.6) is 5.75 Å². The highest BCUT2D eigenvalue weighted by Gasteiger charge is 2.40. The predicted molar refractivity (Wildman–Crippen MR) is 114 cm³/mol. The maximum Gasteiger partial charge on any atom is 0.272 e. The second-order valence-electron chi connectivity index (χ2n) is 6.23. The third-order valence-corrected chi connectivity index (χ3v) is 5.77. The summed E-state index contributed by atoms with van der Waals surface area (Å²) in [6.07, 6.45) is 1.58. The normalized spacial score (nSPS) is 14.1. The molecule has 2 aromatic carbocycles. The van der Waals surface area contributed by atoms with Gasteiger partial charge in [-0.15, -0.1) is 11.8 Å². The van der Waals surface area contributed by atoms with Crippen LogP contribution in [0.1, 0.15) is 11.3 Å². The van der Waals surface area contributed by atoms with E-state index in [1.54, 1.807) is 60.9 Å². The van der Waals surface area contributed by atoms with Gasteiger partial charge in [-0.25, -0.2) is 4.90 Å². The molecule has 0 radical (unpaired) electrons. The lowest BCUT2D eigenvalue weighted by Gasteiger charge is -2.16. The van der Waals surface area contributed by atoms with Crippen molar-refractivity contribution < 1.29 is 18.7 Å². The van der Waals surface area contributed by atoms with Gasteiger partial charge in [-0.1, -0.05) is 29.8 Å². The number of hydrogen-bond donors (Lipinski definition) is 0. The maximum atomic E-state index is 13.3. The number of halogens is 1. The maximum absolute atomic E-state index is 13.3. The van der Waals surface area contributed by atoms with Gasteiger partial charge >= 0.3 is 0 Å². The van der Waals surface area contributed by atoms with E-state index in [1.165, 1.54) is 23.8 Å². The fourth-order valence-corrected chi connectivity index (χ4v) is 4.18. The summed E-state index contributed by atoms with van der Waals surface area (Å²) >= 11 is 7.28. The van der Waals surface area contributed by atoms with E-state index >= 15 is 0 Å². The topological polar surface area (TPSA) is 59.8 Å². The minimum Gasteiger partial charge on any atom is -0.497 e. The summed E-state index contributed by atoms with van der Waals surface area (Å²) in [7, 11) is 1.54. The zero-order valence-corrected chi connectivity index (χ0v) is 17.0. The Balaban J connectivity index is 1.75. The molecule has 146 valence electrons. The lowest BCUT2D eigenvalue weighted by molar-refractivity contribution is -0.119. The summed E-state index contributed by atoms with van der Waals surface area (Å²) < 4.78 is 10.6. The number of imide groups is 1. The number of rotatable bonds is 6. The van der Waals surface area contributed by atoms with Gasteiger partial charge in [0.25, 0.3) is 11.8 Å². The molecule has 1 aromatic heterocycles. The van der Waals surface area contributed by atoms with Crippen LogP contribution in [0.3, 0.4) is 0 Å². The molecule has 0 N–H and O–H groups in total. The number of nitrogens with zero attached hydrogens (tertiary/aromatic N) is 1. The van der Waals surface area contributed by atoms with Gasteiger partial charge in [0, 0.05) is 11.1 Å². The van der Waals surface area contributed by atoms with Crippen LogP contribution in [0, 0.1) is 0 Å². The Morgan fingerprint density at radius 2 is 1.83 bits per heavy atom. The number of hydrogen-bond acceptors (Lipinski definition) is 5. The summed E-state index contributed by atoms with van der Waals surface area (Å²) in [6, 6.07) is 17.4. The Kier molecular flexibility index (Phi) is 5.47. The van der Waals surface area contributed by atoms with Crippen LogP contribution in [0.4, 0.5) is 5.69 Å². The number of anilines is 1. The first-order valence-electron chi connectivity index (χ1n) is 8.76. The summed E-state index contributed by atoms with van der Waals surface area (Å²) in [5.74, 6) is 0.966. The van der Waals surface area contributed by atoms with Gasteiger partial charge in [-0.05, 0) is 42.0 Å². The molecule has 2 amide bonds. The minimum absolute atomic E-state index is 0.353. The van der Waals surface area contributed by atoms with Crippen LogP contribution >= 0.6 is 23.4 Å². The molecule has 2 heterocycles. The smallest absolute Gasteiger partial charge is 0.272 e. The second-order valence-corrected chi connectivity index (χ2v) is 7.65. The van der Waals surface area contributed by atoms with Gasteiger partial charge in [0.15, 0.2) is 0 Å². The van der Waals surface area contributed by atoms with E-state index in [2.05, 4.69) is 0 Å². The van der Waals surface area contributed by atoms with E-state index < -0.39 is 0 Å². The number of ether oxygens (including phenoxy) is 1. The zero-order chi connectivity index (χ0) is 20.4. The minimum atomic E-state index is -0.382. The van der Waals surface area contributed by atoms with Gasteiger partial charge in [0.05, 0.1) is 35.3 Å². The molecule has 0 fully saturated rings. The van der Waals surface area contributed by atoms with Gasteiger partial charge in [-0.2, -0.15) is 0 Å². The first kappa shape index (κ1) is 19.4. The number of benzene rings is 2. The molecule has 0 unspecified atom stereocenters. The Morgan fingerprint density at radius 3 is 2.52 bits per heavy atom. The predicted octanol–water partition coefficient (Wildman–Crippen LogP) is 5.16. The summed E-state index contributed by atoms with van der Waals surface area (Å²) in [4.78, 5) is 28.1. The lowest BCUT2D eigenvalue weighted by atomic mass is 10.1. The number of amides is 2. The third kappa shape index (κ3) is 3.81. The van der Waals surface area contributed by atoms with Crippen molar-refractivity contribution in [1.29, 1.82) is 0 Å². The van der Waals surface area contributed by atoms with Crippen LogP contribution in [0.2, 0.25) is 5.02 Å². The molecule has 1 aliphatic heterocycles. The van der Waals surface area contributed by atoms with Gasteiger partial charge in [0.1, 0.15) is 11.5 Å². The van der Waals surface area contributed by atoms with Gasteiger partial charge in [-0.3, -0.25) is 9.59 Å². The van der Waals surface area contributed by atoms with Crippen LogP contribution in [-0.4, -0.2) is 18.9 Å². The molecule has 0 spiro atoms. The van der Waals surface area contributed by atoms with Crippen molar-refractivity contribution in [2.45, 2.75) is 5.75 Å². The van der Waals surface area contributed by atoms with Crippen LogP contribution in [0.15, 0.2) is 76.2 Å². The molecule has 7 heteroatoms. The highest BCUT2D eigenvalue weighted by molar-refractivity contribution is 8.03. The Morgan fingerprint density at radius 1 is 1.03 bits per heavy atom. The molecular formula is C22H16ClNO4S. The van der Waals surface area contributed by atoms with E-state index in [0.717, 1.165) is 5.76 Å². The second kappa shape index (κ2) is 8.19. The molecule has 29 heavy (non-hydrogen) atoms. The van der Waals surface area contributed by atoms with E-state index in [4.69, 9.17) is 20.8 Å². The van der Waals surface area contributed by atoms with Crippen LogP contribution < -0.4 is 9.64 Å². The number of furan rings is 1. The molecule has 3 aromatic rings. The average molecular weight is 426 g/mol. The fourth-order valence-electron chi connectivity index (χ4n) is 3.04. The van der Waals surface area contributed by atoms with Crippen molar-refractivity contribution >= 4 is 46.4 Å². The molecule has 0 atom stereocenters. The van der Waals surface area contributed by atoms with Crippen molar-refractivity contribution in [2.75, 3.05) is 12.0 Å². The Hall–Kier alpha value is -2.96. The summed E-state index contributed by atoms with van der Waals surface area (Å²) in [5.41, 5.74) is 1.45. The number of carbonyl (C=O) groups excluding carboxylic acids is 2. The quantitative estimate of drug-likeness (QED) is 0.510. The molecular weight excluding hydrogens is 410 g/mol. The monoisotopic (exact) mass is 425 g/mol. The van der Waals surface area contributed by atoms with Gasteiger partial charge < -0.3 is 9.15 Å². The molecule has 1 aliphatic rings. The van der Waals surface area contributed by atoms with E-state index in [1.807, 2.05) is 6.07 Å². The molecule has 5 nitrogen and oxygen atoms in total. The lowest BCUT2D eigenvalue weighted by Crippen LogP contribution is -2.31. The number of methoxy groups -OCH3 is 1. The summed E-state index contributed by atoms with van der Waals surface area (Å²) in [6.45, 7) is 0. The Labute approximate surface area is 176 Å². The molecule has 0 bridgehead atoms. The highest BCUT2D eigenvalue weighted by Crippen LogP contribution is 2.40. The van der Waals surface area contributed by atoms with Crippen molar-refractivity contribution in [3.63, 3.8) is 0 Å². The van der Waals surface area contributed by atoms with Crippen molar-refractivity contribution in [1.82, 2.24) is 0 Å². The zero-order valence-electron chi connectivity index (χ0n) is 15.4. The Bertz CT molecular complexity index is 1090. The van der Waals surface area contributed by atoms with E-state index in [0.29, 0.717) is 38.3 Å². The van der Waals surface area contributed by atoms with Crippen molar-refractivity contribution in [2.24, 2.45) is 0 Å². The first-order valence-corrected chi connectivity index (χ1v) is 10.1. The average Bonchev–Trinajstić information content (AvgIpc) is 3.33. The molecule has 0 aliphatic carbocycles. The van der Waals surface area contributed by atoms with Crippen LogP contribution in [-0.2, 0) is 15.3 Å². The number of carbonyl (C=O) groups is 2.